The molecular formula is C18H23N3O2. The molecule has 2 N–H and O–H groups in total. The van der Waals surface area contributed by atoms with Gasteiger partial charge in [-0.3, -0.25) is 4.98 Å². The van der Waals surface area contributed by atoms with Crippen LogP contribution in [0.1, 0.15) is 19.4 Å². The fourth-order valence-corrected chi connectivity index (χ4v) is 2.14. The summed E-state index contributed by atoms with van der Waals surface area (Å²) in [6, 6.07) is 13.5. The number of methoxy groups -OCH3 is 1. The van der Waals surface area contributed by atoms with Gasteiger partial charge >= 0.3 is 6.03 Å². The number of nitrogens with one attached hydrogen (secondary N) is 2. The SMILES string of the molecule is COC(C)[C@H](C)NC(=O)NCc1cccc(-c2ccccn2)c1. The van der Waals surface area contributed by atoms with Crippen molar-refractivity contribution in [2.45, 2.75) is 32.5 Å². The zero-order chi connectivity index (χ0) is 16.7. The quantitative estimate of drug-likeness (QED) is 0.862. The molecule has 0 fully saturated rings. The number of amides is 2. The summed E-state index contributed by atoms with van der Waals surface area (Å²) in [6.45, 7) is 4.29. The van der Waals surface area contributed by atoms with Gasteiger partial charge in [-0.05, 0) is 37.6 Å². The minimum Gasteiger partial charge on any atom is -0.380 e. The number of rotatable bonds is 6. The summed E-state index contributed by atoms with van der Waals surface area (Å²) in [5, 5.41) is 5.72. The van der Waals surface area contributed by atoms with Gasteiger partial charge in [0.05, 0.1) is 17.8 Å². The Morgan fingerprint density at radius 3 is 2.74 bits per heavy atom. The van der Waals surface area contributed by atoms with Gasteiger partial charge in [0.15, 0.2) is 0 Å². The molecule has 0 radical (unpaired) electrons. The molecule has 1 heterocycles. The second-order valence-electron chi connectivity index (χ2n) is 5.47. The van der Waals surface area contributed by atoms with Crippen LogP contribution in [-0.4, -0.2) is 30.3 Å². The molecule has 0 saturated carbocycles. The molecule has 1 aromatic carbocycles. The number of carbonyl (C=O) groups is 1. The lowest BCUT2D eigenvalue weighted by molar-refractivity contribution is 0.0911. The Hall–Kier alpha value is -2.40. The van der Waals surface area contributed by atoms with E-state index in [2.05, 4.69) is 15.6 Å². The maximum Gasteiger partial charge on any atom is 0.315 e. The second-order valence-corrected chi connectivity index (χ2v) is 5.47. The molecule has 0 aliphatic heterocycles. The van der Waals surface area contributed by atoms with Crippen molar-refractivity contribution in [2.75, 3.05) is 7.11 Å². The molecule has 0 spiro atoms. The Bertz CT molecular complexity index is 631. The second kappa shape index (κ2) is 8.29. The Labute approximate surface area is 137 Å². The molecule has 2 rings (SSSR count). The smallest absolute Gasteiger partial charge is 0.315 e. The van der Waals surface area contributed by atoms with Crippen LogP contribution >= 0.6 is 0 Å². The number of hydrogen-bond donors (Lipinski definition) is 2. The van der Waals surface area contributed by atoms with Crippen LogP contribution in [-0.2, 0) is 11.3 Å². The molecule has 122 valence electrons. The van der Waals surface area contributed by atoms with Gasteiger partial charge in [-0.25, -0.2) is 4.79 Å². The molecule has 2 amide bonds. The van der Waals surface area contributed by atoms with Crippen LogP contribution in [0.5, 0.6) is 0 Å². The highest BCUT2D eigenvalue weighted by molar-refractivity contribution is 5.74. The molecule has 0 aliphatic rings. The molecular weight excluding hydrogens is 290 g/mol. The highest BCUT2D eigenvalue weighted by atomic mass is 16.5. The Morgan fingerprint density at radius 1 is 1.22 bits per heavy atom. The van der Waals surface area contributed by atoms with Gasteiger partial charge < -0.3 is 15.4 Å². The van der Waals surface area contributed by atoms with Gasteiger partial charge in [0.25, 0.3) is 0 Å². The van der Waals surface area contributed by atoms with Gasteiger partial charge in [-0.15, -0.1) is 0 Å². The van der Waals surface area contributed by atoms with E-state index in [1.807, 2.05) is 56.3 Å². The van der Waals surface area contributed by atoms with Crippen molar-refractivity contribution < 1.29 is 9.53 Å². The first-order valence-corrected chi connectivity index (χ1v) is 7.67. The average Bonchev–Trinajstić information content (AvgIpc) is 2.60. The number of nitrogens with zero attached hydrogens (tertiary/aromatic N) is 1. The predicted octanol–water partition coefficient (Wildman–Crippen LogP) is 2.97. The number of pyridine rings is 1. The standard InChI is InChI=1S/C18H23N3O2/c1-13(14(2)23-3)21-18(22)20-12-15-7-6-8-16(11-15)17-9-4-5-10-19-17/h4-11,13-14H,12H2,1-3H3,(H2,20,21,22)/t13-,14?/m0/s1. The topological polar surface area (TPSA) is 63.2 Å². The lowest BCUT2D eigenvalue weighted by atomic mass is 10.1. The third-order valence-corrected chi connectivity index (χ3v) is 3.78. The molecule has 0 bridgehead atoms. The normalized spacial score (nSPS) is 13.2. The maximum absolute atomic E-state index is 11.9. The first kappa shape index (κ1) is 17.0. The first-order chi connectivity index (χ1) is 11.1. The van der Waals surface area contributed by atoms with Crippen molar-refractivity contribution in [3.8, 4) is 11.3 Å². The van der Waals surface area contributed by atoms with Crippen LogP contribution in [0.2, 0.25) is 0 Å². The molecule has 5 heteroatoms. The number of benzene rings is 1. The number of carbonyl (C=O) groups excluding carboxylic acids is 1. The molecule has 2 aromatic rings. The van der Waals surface area contributed by atoms with E-state index in [4.69, 9.17) is 4.74 Å². The summed E-state index contributed by atoms with van der Waals surface area (Å²) in [4.78, 5) is 16.3. The Morgan fingerprint density at radius 2 is 2.04 bits per heavy atom. The monoisotopic (exact) mass is 313 g/mol. The van der Waals surface area contributed by atoms with Crippen molar-refractivity contribution in [2.24, 2.45) is 0 Å². The van der Waals surface area contributed by atoms with E-state index >= 15 is 0 Å². The minimum absolute atomic E-state index is 0.0340. The first-order valence-electron chi connectivity index (χ1n) is 7.67. The summed E-state index contributed by atoms with van der Waals surface area (Å²) in [6.07, 6.45) is 1.74. The van der Waals surface area contributed by atoms with Crippen molar-refractivity contribution in [1.82, 2.24) is 15.6 Å². The Kier molecular flexibility index (Phi) is 6.11. The largest absolute Gasteiger partial charge is 0.380 e. The van der Waals surface area contributed by atoms with Crippen LogP contribution < -0.4 is 10.6 Å². The molecule has 23 heavy (non-hydrogen) atoms. The van der Waals surface area contributed by atoms with Crippen molar-refractivity contribution in [3.05, 3.63) is 54.2 Å². The van der Waals surface area contributed by atoms with Gasteiger partial charge in [0, 0.05) is 25.4 Å². The minimum atomic E-state index is -0.204. The number of ether oxygens (including phenoxy) is 1. The maximum atomic E-state index is 11.9. The number of urea groups is 1. The predicted molar refractivity (Wildman–Crippen MR) is 91.0 cm³/mol. The summed E-state index contributed by atoms with van der Waals surface area (Å²) >= 11 is 0. The van der Waals surface area contributed by atoms with Crippen LogP contribution in [0.4, 0.5) is 4.79 Å². The highest BCUT2D eigenvalue weighted by Crippen LogP contribution is 2.17. The average molecular weight is 313 g/mol. The van der Waals surface area contributed by atoms with Crippen molar-refractivity contribution in [3.63, 3.8) is 0 Å². The number of aromatic nitrogens is 1. The van der Waals surface area contributed by atoms with E-state index in [1.54, 1.807) is 13.3 Å². The fraction of sp³-hybridized carbons (Fsp3) is 0.333. The summed E-state index contributed by atoms with van der Waals surface area (Å²) < 4.78 is 5.19. The van der Waals surface area contributed by atoms with E-state index in [-0.39, 0.29) is 18.2 Å². The van der Waals surface area contributed by atoms with E-state index in [1.165, 1.54) is 0 Å². The van der Waals surface area contributed by atoms with Crippen LogP contribution in [0, 0.1) is 0 Å². The third-order valence-electron chi connectivity index (χ3n) is 3.78. The lowest BCUT2D eigenvalue weighted by Crippen LogP contribution is -2.45. The molecule has 5 nitrogen and oxygen atoms in total. The van der Waals surface area contributed by atoms with E-state index in [0.29, 0.717) is 6.54 Å². The third kappa shape index (κ3) is 5.07. The van der Waals surface area contributed by atoms with Gasteiger partial charge in [0.1, 0.15) is 0 Å². The molecule has 0 aliphatic carbocycles. The molecule has 1 unspecified atom stereocenters. The van der Waals surface area contributed by atoms with Crippen molar-refractivity contribution >= 4 is 6.03 Å². The van der Waals surface area contributed by atoms with Gasteiger partial charge in [-0.2, -0.15) is 0 Å². The van der Waals surface area contributed by atoms with E-state index < -0.39 is 0 Å². The van der Waals surface area contributed by atoms with Crippen LogP contribution in [0.3, 0.4) is 0 Å². The molecule has 1 aromatic heterocycles. The van der Waals surface area contributed by atoms with Gasteiger partial charge in [-0.1, -0.05) is 24.3 Å². The number of hydrogen-bond acceptors (Lipinski definition) is 3. The van der Waals surface area contributed by atoms with Gasteiger partial charge in [0.2, 0.25) is 0 Å². The van der Waals surface area contributed by atoms with Crippen LogP contribution in [0.15, 0.2) is 48.7 Å². The zero-order valence-electron chi connectivity index (χ0n) is 13.7. The van der Waals surface area contributed by atoms with Crippen molar-refractivity contribution in [1.29, 1.82) is 0 Å². The van der Waals surface area contributed by atoms with E-state index in [0.717, 1.165) is 16.8 Å². The van der Waals surface area contributed by atoms with Crippen LogP contribution in [0.25, 0.3) is 11.3 Å². The molecule has 0 saturated heterocycles. The molecule has 2 atom stereocenters. The summed E-state index contributed by atoms with van der Waals surface area (Å²) in [5.41, 5.74) is 2.98. The summed E-state index contributed by atoms with van der Waals surface area (Å²) in [7, 11) is 1.63. The lowest BCUT2D eigenvalue weighted by Gasteiger charge is -2.20. The highest BCUT2D eigenvalue weighted by Gasteiger charge is 2.13. The summed E-state index contributed by atoms with van der Waals surface area (Å²) in [5.74, 6) is 0. The fourth-order valence-electron chi connectivity index (χ4n) is 2.14. The Balaban J connectivity index is 1.92. The zero-order valence-corrected chi connectivity index (χ0v) is 13.7. The van der Waals surface area contributed by atoms with E-state index in [9.17, 15) is 4.79 Å².